The molecule has 0 saturated heterocycles. The number of anilines is 1. The van der Waals surface area contributed by atoms with E-state index >= 15 is 0 Å². The Labute approximate surface area is 127 Å². The molecule has 0 aromatic heterocycles. The Morgan fingerprint density at radius 1 is 1.38 bits per heavy atom. The molecule has 0 fully saturated rings. The molecule has 21 heavy (non-hydrogen) atoms. The summed E-state index contributed by atoms with van der Waals surface area (Å²) in [6, 6.07) is 9.96. The molecule has 0 aliphatic rings. The molecule has 0 unspecified atom stereocenters. The zero-order valence-electron chi connectivity index (χ0n) is 11.4. The van der Waals surface area contributed by atoms with Gasteiger partial charge >= 0.3 is 0 Å². The van der Waals surface area contributed by atoms with Crippen LogP contribution in [0.15, 0.2) is 41.6 Å². The van der Waals surface area contributed by atoms with Crippen LogP contribution in [-0.4, -0.2) is 11.0 Å². The molecule has 2 aromatic carbocycles. The van der Waals surface area contributed by atoms with E-state index in [4.69, 9.17) is 22.5 Å². The quantitative estimate of drug-likeness (QED) is 0.350. The summed E-state index contributed by atoms with van der Waals surface area (Å²) in [5.74, 6) is -0.259. The van der Waals surface area contributed by atoms with E-state index in [0.29, 0.717) is 28.4 Å². The van der Waals surface area contributed by atoms with E-state index in [1.54, 1.807) is 37.3 Å². The fourth-order valence-electron chi connectivity index (χ4n) is 1.90. The first-order valence-electron chi connectivity index (χ1n) is 6.28. The minimum atomic E-state index is -0.256. The first-order valence-corrected chi connectivity index (χ1v) is 6.66. The lowest BCUT2D eigenvalue weighted by molar-refractivity contribution is 0.318. The third kappa shape index (κ3) is 3.44. The van der Waals surface area contributed by atoms with Crippen LogP contribution in [-0.2, 0) is 6.54 Å². The van der Waals surface area contributed by atoms with E-state index in [1.807, 2.05) is 0 Å². The highest BCUT2D eigenvalue weighted by Gasteiger charge is 2.07. The Morgan fingerprint density at radius 3 is 2.81 bits per heavy atom. The average molecular weight is 308 g/mol. The highest BCUT2D eigenvalue weighted by molar-refractivity contribution is 6.31. The van der Waals surface area contributed by atoms with Gasteiger partial charge in [-0.05, 0) is 30.7 Å². The number of rotatable bonds is 4. The van der Waals surface area contributed by atoms with Gasteiger partial charge in [0, 0.05) is 28.4 Å². The van der Waals surface area contributed by atoms with Crippen molar-refractivity contribution in [3.8, 4) is 0 Å². The molecule has 0 aliphatic heterocycles. The highest BCUT2D eigenvalue weighted by atomic mass is 35.5. The summed E-state index contributed by atoms with van der Waals surface area (Å²) in [4.78, 5) is 0. The first kappa shape index (κ1) is 15.1. The highest BCUT2D eigenvalue weighted by Crippen LogP contribution is 2.22. The summed E-state index contributed by atoms with van der Waals surface area (Å²) < 4.78 is 13.4. The third-order valence-electron chi connectivity index (χ3n) is 3.19. The lowest BCUT2D eigenvalue weighted by atomic mass is 10.1. The van der Waals surface area contributed by atoms with Crippen LogP contribution in [0.1, 0.15) is 16.7 Å². The van der Waals surface area contributed by atoms with Crippen LogP contribution < -0.4 is 11.1 Å². The van der Waals surface area contributed by atoms with E-state index in [-0.39, 0.29) is 11.7 Å². The van der Waals surface area contributed by atoms with Crippen LogP contribution >= 0.6 is 11.6 Å². The second kappa shape index (κ2) is 6.45. The second-order valence-corrected chi connectivity index (χ2v) is 4.96. The van der Waals surface area contributed by atoms with Gasteiger partial charge in [0.05, 0.1) is 0 Å². The average Bonchev–Trinajstić information content (AvgIpc) is 2.49. The Morgan fingerprint density at radius 2 is 2.14 bits per heavy atom. The number of hydrogen-bond donors (Lipinski definition) is 3. The Kier molecular flexibility index (Phi) is 4.65. The maximum absolute atomic E-state index is 13.4. The fraction of sp³-hybridized carbons (Fsp3) is 0.133. The van der Waals surface area contributed by atoms with E-state index in [2.05, 4.69) is 10.5 Å². The van der Waals surface area contributed by atoms with E-state index in [9.17, 15) is 4.39 Å². The topological polar surface area (TPSA) is 70.6 Å². The number of nitrogens with zero attached hydrogens (tertiary/aromatic N) is 1. The number of amidine groups is 1. The number of oxime groups is 1. The van der Waals surface area contributed by atoms with Crippen LogP contribution in [0.25, 0.3) is 0 Å². The molecule has 0 heterocycles. The molecule has 0 amide bonds. The molecule has 4 N–H and O–H groups in total. The predicted octanol–water partition coefficient (Wildman–Crippen LogP) is 3.49. The van der Waals surface area contributed by atoms with E-state index in [1.165, 1.54) is 6.07 Å². The first-order chi connectivity index (χ1) is 10.0. The molecule has 110 valence electrons. The van der Waals surface area contributed by atoms with Gasteiger partial charge in [0.25, 0.3) is 0 Å². The van der Waals surface area contributed by atoms with Gasteiger partial charge < -0.3 is 16.3 Å². The van der Waals surface area contributed by atoms with Gasteiger partial charge in [-0.1, -0.05) is 35.0 Å². The van der Waals surface area contributed by atoms with Crippen LogP contribution in [0.5, 0.6) is 0 Å². The molecule has 0 radical (unpaired) electrons. The van der Waals surface area contributed by atoms with Gasteiger partial charge in [-0.25, -0.2) is 4.39 Å². The number of nitrogens with two attached hydrogens (primary N) is 1. The largest absolute Gasteiger partial charge is 0.409 e. The van der Waals surface area contributed by atoms with Crippen molar-refractivity contribution in [2.45, 2.75) is 13.5 Å². The molecular formula is C15H15ClFN3O. The lowest BCUT2D eigenvalue weighted by Gasteiger charge is -2.12. The van der Waals surface area contributed by atoms with Crippen LogP contribution in [0.3, 0.4) is 0 Å². The monoisotopic (exact) mass is 307 g/mol. The maximum atomic E-state index is 13.4. The van der Waals surface area contributed by atoms with Crippen molar-refractivity contribution in [2.24, 2.45) is 10.9 Å². The zero-order valence-corrected chi connectivity index (χ0v) is 12.2. The molecule has 4 nitrogen and oxygen atoms in total. The van der Waals surface area contributed by atoms with Crippen molar-refractivity contribution < 1.29 is 9.60 Å². The van der Waals surface area contributed by atoms with Gasteiger partial charge in [0.15, 0.2) is 5.84 Å². The van der Waals surface area contributed by atoms with Gasteiger partial charge in [-0.3, -0.25) is 0 Å². The molecule has 6 heteroatoms. The molecule has 0 spiro atoms. The molecule has 2 rings (SSSR count). The molecule has 2 aromatic rings. The zero-order chi connectivity index (χ0) is 15.4. The second-order valence-electron chi connectivity index (χ2n) is 4.56. The molecule has 0 aliphatic carbocycles. The lowest BCUT2D eigenvalue weighted by Crippen LogP contribution is -2.13. The van der Waals surface area contributed by atoms with Crippen LogP contribution in [0.4, 0.5) is 10.1 Å². The van der Waals surface area contributed by atoms with Crippen molar-refractivity contribution in [3.63, 3.8) is 0 Å². The van der Waals surface area contributed by atoms with Crippen molar-refractivity contribution >= 4 is 23.1 Å². The Balaban J connectivity index is 2.15. The van der Waals surface area contributed by atoms with Crippen molar-refractivity contribution in [1.82, 2.24) is 0 Å². The fourth-order valence-corrected chi connectivity index (χ4v) is 2.14. The summed E-state index contributed by atoms with van der Waals surface area (Å²) in [7, 11) is 0. The summed E-state index contributed by atoms with van der Waals surface area (Å²) in [6.45, 7) is 2.15. The Hall–Kier alpha value is -2.27. The minimum Gasteiger partial charge on any atom is -0.409 e. The summed E-state index contributed by atoms with van der Waals surface area (Å²) in [6.07, 6.45) is 0. The SMILES string of the molecule is Cc1c(F)cccc1NCc1ccc(/C(N)=N/O)cc1Cl. The van der Waals surface area contributed by atoms with Crippen LogP contribution in [0.2, 0.25) is 5.02 Å². The Bertz CT molecular complexity index is 689. The number of nitrogens with one attached hydrogen (secondary N) is 1. The normalized spacial score (nSPS) is 11.5. The van der Waals surface area contributed by atoms with Gasteiger partial charge in [-0.2, -0.15) is 0 Å². The van der Waals surface area contributed by atoms with E-state index in [0.717, 1.165) is 5.56 Å². The van der Waals surface area contributed by atoms with Crippen molar-refractivity contribution in [1.29, 1.82) is 0 Å². The van der Waals surface area contributed by atoms with Gasteiger partial charge in [0.1, 0.15) is 5.82 Å². The standard InChI is InChI=1S/C15H15ClFN3O/c1-9-13(17)3-2-4-14(9)19-8-11-6-5-10(7-12(11)16)15(18)20-21/h2-7,19,21H,8H2,1H3,(H2,18,20). The van der Waals surface area contributed by atoms with E-state index < -0.39 is 0 Å². The third-order valence-corrected chi connectivity index (χ3v) is 3.55. The van der Waals surface area contributed by atoms with Crippen LogP contribution in [0, 0.1) is 12.7 Å². The molecule has 0 saturated carbocycles. The minimum absolute atomic E-state index is 0.00242. The summed E-state index contributed by atoms with van der Waals surface area (Å²) in [5.41, 5.74) is 8.13. The molecular weight excluding hydrogens is 293 g/mol. The van der Waals surface area contributed by atoms with Gasteiger partial charge in [-0.15, -0.1) is 0 Å². The predicted molar refractivity (Wildman–Crippen MR) is 82.4 cm³/mol. The van der Waals surface area contributed by atoms with Crippen molar-refractivity contribution in [2.75, 3.05) is 5.32 Å². The van der Waals surface area contributed by atoms with Crippen molar-refractivity contribution in [3.05, 3.63) is 63.9 Å². The smallest absolute Gasteiger partial charge is 0.170 e. The number of hydrogen-bond acceptors (Lipinski definition) is 3. The molecule has 0 bridgehead atoms. The summed E-state index contributed by atoms with van der Waals surface area (Å²) in [5, 5.41) is 15.2. The number of benzene rings is 2. The molecule has 0 atom stereocenters. The maximum Gasteiger partial charge on any atom is 0.170 e. The number of halogens is 2. The van der Waals surface area contributed by atoms with Gasteiger partial charge in [0.2, 0.25) is 0 Å². The summed E-state index contributed by atoms with van der Waals surface area (Å²) >= 11 is 6.16.